The lowest BCUT2D eigenvalue weighted by molar-refractivity contribution is 0.0606. The molecule has 4 rings (SSSR count). The van der Waals surface area contributed by atoms with Crippen molar-refractivity contribution in [3.63, 3.8) is 0 Å². The Kier molecular flexibility index (Phi) is 5.62. The third kappa shape index (κ3) is 4.32. The molecule has 2 aliphatic rings. The highest BCUT2D eigenvalue weighted by Crippen LogP contribution is 2.26. The first-order chi connectivity index (χ1) is 14.0. The van der Waals surface area contributed by atoms with Crippen molar-refractivity contribution >= 4 is 11.8 Å². The third-order valence-corrected chi connectivity index (χ3v) is 5.66. The molecule has 1 saturated carbocycles. The van der Waals surface area contributed by atoms with Gasteiger partial charge in [-0.1, -0.05) is 31.4 Å². The number of nitrogens with one attached hydrogen (secondary N) is 1. The number of hydrogen-bond donors (Lipinski definition) is 2. The van der Waals surface area contributed by atoms with Crippen molar-refractivity contribution < 1.29 is 19.1 Å². The van der Waals surface area contributed by atoms with E-state index in [1.807, 2.05) is 0 Å². The highest BCUT2D eigenvalue weighted by atomic mass is 19.1. The highest BCUT2D eigenvalue weighted by Gasteiger charge is 2.30. The van der Waals surface area contributed by atoms with Crippen LogP contribution < -0.4 is 5.32 Å². The van der Waals surface area contributed by atoms with E-state index in [2.05, 4.69) is 10.4 Å². The van der Waals surface area contributed by atoms with E-state index in [4.69, 9.17) is 0 Å². The van der Waals surface area contributed by atoms with Crippen LogP contribution in [0, 0.1) is 5.82 Å². The molecular weight excluding hydrogens is 375 g/mol. The molecule has 2 N–H and O–H groups in total. The van der Waals surface area contributed by atoms with Gasteiger partial charge >= 0.3 is 0 Å². The topological polar surface area (TPSA) is 87.5 Å². The van der Waals surface area contributed by atoms with Crippen LogP contribution in [-0.2, 0) is 13.1 Å². The summed E-state index contributed by atoms with van der Waals surface area (Å²) >= 11 is 0. The second-order valence-corrected chi connectivity index (χ2v) is 7.81. The highest BCUT2D eigenvalue weighted by molar-refractivity contribution is 5.98. The Labute approximate surface area is 168 Å². The molecule has 29 heavy (non-hydrogen) atoms. The summed E-state index contributed by atoms with van der Waals surface area (Å²) in [5, 5.41) is 16.9. The van der Waals surface area contributed by atoms with Gasteiger partial charge < -0.3 is 15.3 Å². The van der Waals surface area contributed by atoms with Gasteiger partial charge in [0.25, 0.3) is 11.8 Å². The Morgan fingerprint density at radius 3 is 2.69 bits per heavy atom. The van der Waals surface area contributed by atoms with E-state index in [0.717, 1.165) is 37.7 Å². The number of aliphatic hydroxyl groups excluding tert-OH is 1. The molecule has 1 aliphatic heterocycles. The minimum Gasteiger partial charge on any atom is -0.389 e. The number of aliphatic hydroxyl groups is 1. The number of carbonyl (C=O) groups excluding carboxylic acids is 2. The van der Waals surface area contributed by atoms with E-state index in [-0.39, 0.29) is 48.2 Å². The molecule has 0 bridgehead atoms. The van der Waals surface area contributed by atoms with Crippen molar-refractivity contribution in [3.05, 3.63) is 53.1 Å². The van der Waals surface area contributed by atoms with Gasteiger partial charge in [-0.15, -0.1) is 0 Å². The van der Waals surface area contributed by atoms with E-state index in [0.29, 0.717) is 6.54 Å². The number of halogens is 1. The zero-order valence-electron chi connectivity index (χ0n) is 16.2. The van der Waals surface area contributed by atoms with Crippen molar-refractivity contribution in [2.45, 2.75) is 57.3 Å². The number of hydrogen-bond acceptors (Lipinski definition) is 4. The van der Waals surface area contributed by atoms with Crippen LogP contribution in [0.25, 0.3) is 0 Å². The van der Waals surface area contributed by atoms with Gasteiger partial charge in [0.15, 0.2) is 5.69 Å². The molecule has 1 aromatic carbocycles. The van der Waals surface area contributed by atoms with Crippen LogP contribution in [0.3, 0.4) is 0 Å². The molecule has 1 atom stereocenters. The summed E-state index contributed by atoms with van der Waals surface area (Å²) in [4.78, 5) is 27.4. The molecule has 1 fully saturated rings. The Morgan fingerprint density at radius 1 is 1.24 bits per heavy atom. The lowest BCUT2D eigenvalue weighted by Crippen LogP contribution is -2.41. The normalized spacial score (nSPS) is 19.9. The SMILES string of the molecule is O=C1NCC(O)Cn2nc(C(=O)N(Cc3ccc(F)cc3)C3CCCCC3)cc21. The van der Waals surface area contributed by atoms with Gasteiger partial charge in [0.05, 0.1) is 12.6 Å². The average molecular weight is 400 g/mol. The summed E-state index contributed by atoms with van der Waals surface area (Å²) < 4.78 is 14.7. The number of aromatic nitrogens is 2. The van der Waals surface area contributed by atoms with Crippen LogP contribution in [0.15, 0.2) is 30.3 Å². The van der Waals surface area contributed by atoms with E-state index in [1.165, 1.54) is 22.9 Å². The summed E-state index contributed by atoms with van der Waals surface area (Å²) in [6, 6.07) is 7.74. The summed E-state index contributed by atoms with van der Waals surface area (Å²) in [5.74, 6) is -0.911. The number of amides is 2. The molecule has 7 nitrogen and oxygen atoms in total. The maximum absolute atomic E-state index is 13.4. The summed E-state index contributed by atoms with van der Waals surface area (Å²) in [6.07, 6.45) is 4.36. The molecule has 8 heteroatoms. The van der Waals surface area contributed by atoms with Crippen molar-refractivity contribution in [1.29, 1.82) is 0 Å². The maximum Gasteiger partial charge on any atom is 0.274 e. The van der Waals surface area contributed by atoms with Crippen LogP contribution in [0.2, 0.25) is 0 Å². The molecule has 0 radical (unpaired) electrons. The Balaban J connectivity index is 1.62. The number of β-amino-alcohol motifs (C(OH)–C–C–N with tert-alkyl or cyclic N) is 1. The maximum atomic E-state index is 13.4. The van der Waals surface area contributed by atoms with Crippen LogP contribution in [0.5, 0.6) is 0 Å². The van der Waals surface area contributed by atoms with Crippen molar-refractivity contribution in [2.24, 2.45) is 0 Å². The Hall–Kier alpha value is -2.74. The predicted octanol–water partition coefficient (Wildman–Crippen LogP) is 2.10. The van der Waals surface area contributed by atoms with Crippen molar-refractivity contribution in [3.8, 4) is 0 Å². The smallest absolute Gasteiger partial charge is 0.274 e. The molecule has 1 aliphatic carbocycles. The minimum atomic E-state index is -0.753. The number of carbonyl (C=O) groups is 2. The van der Waals surface area contributed by atoms with Crippen LogP contribution in [0.4, 0.5) is 4.39 Å². The van der Waals surface area contributed by atoms with Crippen LogP contribution >= 0.6 is 0 Å². The monoisotopic (exact) mass is 400 g/mol. The number of nitrogens with zero attached hydrogens (tertiary/aromatic N) is 3. The number of benzene rings is 1. The molecule has 1 aromatic heterocycles. The average Bonchev–Trinajstić information content (AvgIpc) is 3.10. The van der Waals surface area contributed by atoms with Gasteiger partial charge in [-0.3, -0.25) is 14.3 Å². The van der Waals surface area contributed by atoms with Crippen LogP contribution in [0.1, 0.15) is 58.6 Å². The first kappa shape index (κ1) is 19.6. The largest absolute Gasteiger partial charge is 0.389 e. The first-order valence-electron chi connectivity index (χ1n) is 10.1. The predicted molar refractivity (Wildman–Crippen MR) is 104 cm³/mol. The lowest BCUT2D eigenvalue weighted by atomic mass is 9.93. The fraction of sp³-hybridized carbons (Fsp3) is 0.476. The molecule has 2 aromatic rings. The van der Waals surface area contributed by atoms with E-state index in [9.17, 15) is 19.1 Å². The van der Waals surface area contributed by atoms with Gasteiger partial charge in [-0.25, -0.2) is 4.39 Å². The summed E-state index contributed by atoms with van der Waals surface area (Å²) in [7, 11) is 0. The first-order valence-corrected chi connectivity index (χ1v) is 10.1. The molecule has 0 saturated heterocycles. The minimum absolute atomic E-state index is 0.0854. The summed E-state index contributed by atoms with van der Waals surface area (Å²) in [5.41, 5.74) is 1.31. The number of fused-ring (bicyclic) bond motifs is 1. The van der Waals surface area contributed by atoms with Crippen LogP contribution in [-0.4, -0.2) is 50.3 Å². The molecule has 154 valence electrons. The molecule has 2 amide bonds. The quantitative estimate of drug-likeness (QED) is 0.823. The van der Waals surface area contributed by atoms with Crippen molar-refractivity contribution in [1.82, 2.24) is 20.0 Å². The van der Waals surface area contributed by atoms with Gasteiger partial charge in [0.2, 0.25) is 0 Å². The Bertz CT molecular complexity index is 890. The zero-order valence-corrected chi connectivity index (χ0v) is 16.2. The van der Waals surface area contributed by atoms with E-state index in [1.54, 1.807) is 17.0 Å². The second kappa shape index (κ2) is 8.32. The van der Waals surface area contributed by atoms with Crippen molar-refractivity contribution in [2.75, 3.05) is 6.54 Å². The Morgan fingerprint density at radius 2 is 1.97 bits per heavy atom. The fourth-order valence-corrected chi connectivity index (χ4v) is 4.10. The molecule has 0 spiro atoms. The van der Waals surface area contributed by atoms with Gasteiger partial charge in [0.1, 0.15) is 11.5 Å². The standard InChI is InChI=1S/C21H25FN4O3/c22-15-8-6-14(7-9-15)12-25(16-4-2-1-3-5-16)21(29)18-10-19-20(28)23-11-17(27)13-26(19)24-18/h6-10,16-17,27H,1-5,11-13H2,(H,23,28). The van der Waals surface area contributed by atoms with Gasteiger partial charge in [0, 0.05) is 25.2 Å². The van der Waals surface area contributed by atoms with Gasteiger partial charge in [-0.05, 0) is 30.5 Å². The fourth-order valence-electron chi connectivity index (χ4n) is 4.10. The third-order valence-electron chi connectivity index (χ3n) is 5.66. The molecule has 2 heterocycles. The molecule has 1 unspecified atom stereocenters. The number of rotatable bonds is 4. The lowest BCUT2D eigenvalue weighted by Gasteiger charge is -2.34. The molecular formula is C21H25FN4O3. The van der Waals surface area contributed by atoms with E-state index >= 15 is 0 Å². The van der Waals surface area contributed by atoms with E-state index < -0.39 is 6.10 Å². The zero-order chi connectivity index (χ0) is 20.4. The second-order valence-electron chi connectivity index (χ2n) is 7.81. The summed E-state index contributed by atoms with van der Waals surface area (Å²) in [6.45, 7) is 0.674. The van der Waals surface area contributed by atoms with Gasteiger partial charge in [-0.2, -0.15) is 5.10 Å².